The van der Waals surface area contributed by atoms with Gasteiger partial charge in [-0.3, -0.25) is 0 Å². The van der Waals surface area contributed by atoms with E-state index in [1.807, 2.05) is 24.3 Å². The molecule has 0 aliphatic heterocycles. The van der Waals surface area contributed by atoms with Gasteiger partial charge in [0.2, 0.25) is 11.5 Å². The highest BCUT2D eigenvalue weighted by atomic mass is 16.5. The van der Waals surface area contributed by atoms with Crippen LogP contribution in [0.4, 0.5) is 11.4 Å². The third-order valence-corrected chi connectivity index (χ3v) is 4.87. The Morgan fingerprint density at radius 1 is 0.656 bits per heavy atom. The average Bonchev–Trinajstić information content (AvgIpc) is 2.78. The van der Waals surface area contributed by atoms with Crippen LogP contribution in [0.3, 0.4) is 0 Å². The van der Waals surface area contributed by atoms with E-state index in [2.05, 4.69) is 4.90 Å². The zero-order chi connectivity index (χ0) is 22.9. The number of hydrogen-bond donors (Lipinski definition) is 5. The fourth-order valence-electron chi connectivity index (χ4n) is 3.18. The van der Waals surface area contributed by atoms with Crippen LogP contribution in [-0.2, 0) is 0 Å². The van der Waals surface area contributed by atoms with Crippen molar-refractivity contribution in [3.8, 4) is 34.5 Å². The summed E-state index contributed by atoms with van der Waals surface area (Å²) in [5.41, 5.74) is 7.48. The van der Waals surface area contributed by atoms with Crippen molar-refractivity contribution < 1.29 is 29.9 Å². The van der Waals surface area contributed by atoms with Crippen LogP contribution in [0.25, 0.3) is 0 Å². The lowest BCUT2D eigenvalue weighted by atomic mass is 10.2. The number of rotatable bonds is 11. The molecule has 0 spiro atoms. The van der Waals surface area contributed by atoms with Gasteiger partial charge < -0.3 is 40.5 Å². The molecule has 0 heterocycles. The van der Waals surface area contributed by atoms with Gasteiger partial charge >= 0.3 is 0 Å². The van der Waals surface area contributed by atoms with E-state index < -0.39 is 0 Å². The van der Waals surface area contributed by atoms with Crippen LogP contribution >= 0.6 is 0 Å². The molecule has 8 nitrogen and oxygen atoms in total. The molecule has 0 unspecified atom stereocenters. The summed E-state index contributed by atoms with van der Waals surface area (Å²) in [6, 6.07) is 16.8. The molecule has 0 amide bonds. The van der Waals surface area contributed by atoms with Crippen molar-refractivity contribution in [2.75, 3.05) is 36.9 Å². The Kier molecular flexibility index (Phi) is 7.75. The standard InChI is InChI=1S/C24H28N2O6/c25-17-9-11-18(12-10-17)26(13-3-15-31-21-7-1-5-19(27)23(21)29)14-4-16-32-22-8-2-6-20(28)24(22)30/h1-2,5-12,27-30H,3-4,13-16,25H2. The lowest BCUT2D eigenvalue weighted by molar-refractivity contribution is 0.283. The van der Waals surface area contributed by atoms with Crippen molar-refractivity contribution in [2.24, 2.45) is 0 Å². The molecule has 170 valence electrons. The quantitative estimate of drug-likeness (QED) is 0.173. The summed E-state index contributed by atoms with van der Waals surface area (Å²) in [5.74, 6) is -0.496. The van der Waals surface area contributed by atoms with Gasteiger partial charge in [-0.25, -0.2) is 0 Å². The topological polar surface area (TPSA) is 129 Å². The summed E-state index contributed by atoms with van der Waals surface area (Å²) in [6.45, 7) is 2.08. The highest BCUT2D eigenvalue weighted by Gasteiger charge is 2.10. The van der Waals surface area contributed by atoms with E-state index in [0.29, 0.717) is 44.8 Å². The number of hydrogen-bond acceptors (Lipinski definition) is 8. The van der Waals surface area contributed by atoms with Gasteiger partial charge in [0.1, 0.15) is 0 Å². The number of anilines is 2. The van der Waals surface area contributed by atoms with E-state index in [1.165, 1.54) is 12.1 Å². The minimum atomic E-state index is -0.268. The summed E-state index contributed by atoms with van der Waals surface area (Å²) in [4.78, 5) is 2.16. The average molecular weight is 440 g/mol. The molecule has 0 saturated heterocycles. The molecule has 0 bridgehead atoms. The molecule has 6 N–H and O–H groups in total. The van der Waals surface area contributed by atoms with Gasteiger partial charge in [0, 0.05) is 24.5 Å². The number of benzene rings is 3. The maximum Gasteiger partial charge on any atom is 0.200 e. The number of para-hydroxylation sites is 2. The SMILES string of the molecule is Nc1ccc(N(CCCOc2cccc(O)c2O)CCCOc2cccc(O)c2O)cc1. The van der Waals surface area contributed by atoms with Gasteiger partial charge in [0.15, 0.2) is 23.0 Å². The highest BCUT2D eigenvalue weighted by molar-refractivity contribution is 5.53. The first kappa shape index (κ1) is 22.7. The zero-order valence-corrected chi connectivity index (χ0v) is 17.6. The van der Waals surface area contributed by atoms with Crippen molar-refractivity contribution in [3.63, 3.8) is 0 Å². The van der Waals surface area contributed by atoms with Gasteiger partial charge in [-0.2, -0.15) is 0 Å². The predicted molar refractivity (Wildman–Crippen MR) is 123 cm³/mol. The smallest absolute Gasteiger partial charge is 0.200 e. The van der Waals surface area contributed by atoms with E-state index in [0.717, 1.165) is 5.69 Å². The number of aromatic hydroxyl groups is 4. The second-order valence-electron chi connectivity index (χ2n) is 7.23. The molecule has 0 aliphatic rings. The van der Waals surface area contributed by atoms with Crippen molar-refractivity contribution >= 4 is 11.4 Å². The number of nitrogen functional groups attached to an aromatic ring is 1. The molecule has 0 aliphatic carbocycles. The monoisotopic (exact) mass is 440 g/mol. The molecular weight excluding hydrogens is 412 g/mol. The second-order valence-corrected chi connectivity index (χ2v) is 7.23. The Morgan fingerprint density at radius 2 is 1.12 bits per heavy atom. The minimum Gasteiger partial charge on any atom is -0.504 e. The number of nitrogens with two attached hydrogens (primary N) is 1. The lowest BCUT2D eigenvalue weighted by Gasteiger charge is -2.25. The van der Waals surface area contributed by atoms with Crippen molar-refractivity contribution in [3.05, 3.63) is 60.7 Å². The molecule has 8 heteroatoms. The van der Waals surface area contributed by atoms with E-state index >= 15 is 0 Å². The summed E-state index contributed by atoms with van der Waals surface area (Å²) in [6.07, 6.45) is 1.35. The molecule has 0 saturated carbocycles. The van der Waals surface area contributed by atoms with E-state index in [4.69, 9.17) is 15.2 Å². The van der Waals surface area contributed by atoms with Gasteiger partial charge in [0.05, 0.1) is 13.2 Å². The summed E-state index contributed by atoms with van der Waals surface area (Å²) in [5, 5.41) is 38.8. The number of nitrogens with zero attached hydrogens (tertiary/aromatic N) is 1. The number of phenols is 4. The molecule has 0 fully saturated rings. The van der Waals surface area contributed by atoms with Crippen LogP contribution in [0.15, 0.2) is 60.7 Å². The third-order valence-electron chi connectivity index (χ3n) is 4.87. The first-order chi connectivity index (χ1) is 15.5. The summed E-state index contributed by atoms with van der Waals surface area (Å²) in [7, 11) is 0. The molecule has 3 aromatic rings. The normalized spacial score (nSPS) is 10.6. The van der Waals surface area contributed by atoms with Crippen molar-refractivity contribution in [1.29, 1.82) is 0 Å². The number of ether oxygens (including phenoxy) is 2. The Labute approximate surface area is 186 Å². The van der Waals surface area contributed by atoms with Crippen LogP contribution in [-0.4, -0.2) is 46.7 Å². The largest absolute Gasteiger partial charge is 0.504 e. The first-order valence-corrected chi connectivity index (χ1v) is 10.3. The van der Waals surface area contributed by atoms with Gasteiger partial charge in [-0.15, -0.1) is 0 Å². The fourth-order valence-corrected chi connectivity index (χ4v) is 3.18. The summed E-state index contributed by atoms with van der Waals surface area (Å²) >= 11 is 0. The minimum absolute atomic E-state index is 0.219. The van der Waals surface area contributed by atoms with E-state index in [-0.39, 0.29) is 34.5 Å². The molecule has 3 aromatic carbocycles. The van der Waals surface area contributed by atoms with E-state index in [9.17, 15) is 20.4 Å². The molecule has 0 atom stereocenters. The van der Waals surface area contributed by atoms with Crippen molar-refractivity contribution in [1.82, 2.24) is 0 Å². The van der Waals surface area contributed by atoms with Gasteiger partial charge in [-0.1, -0.05) is 12.1 Å². The summed E-state index contributed by atoms with van der Waals surface area (Å²) < 4.78 is 11.2. The Bertz CT molecular complexity index is 950. The van der Waals surface area contributed by atoms with Crippen LogP contribution in [0.1, 0.15) is 12.8 Å². The van der Waals surface area contributed by atoms with Crippen LogP contribution in [0, 0.1) is 0 Å². The van der Waals surface area contributed by atoms with Crippen molar-refractivity contribution in [2.45, 2.75) is 12.8 Å². The third kappa shape index (κ3) is 6.04. The van der Waals surface area contributed by atoms with E-state index in [1.54, 1.807) is 24.3 Å². The highest BCUT2D eigenvalue weighted by Crippen LogP contribution is 2.35. The molecule has 3 rings (SSSR count). The molecule has 0 radical (unpaired) electrons. The maximum absolute atomic E-state index is 9.84. The Hall–Kier alpha value is -3.94. The van der Waals surface area contributed by atoms with Gasteiger partial charge in [0.25, 0.3) is 0 Å². The van der Waals surface area contributed by atoms with Crippen LogP contribution < -0.4 is 20.1 Å². The molecule has 32 heavy (non-hydrogen) atoms. The van der Waals surface area contributed by atoms with Gasteiger partial charge in [-0.05, 0) is 61.4 Å². The Balaban J connectivity index is 1.53. The molecular formula is C24H28N2O6. The first-order valence-electron chi connectivity index (χ1n) is 10.3. The second kappa shape index (κ2) is 10.9. The lowest BCUT2D eigenvalue weighted by Crippen LogP contribution is -2.28. The van der Waals surface area contributed by atoms with Crippen LogP contribution in [0.5, 0.6) is 34.5 Å². The van der Waals surface area contributed by atoms with Crippen LogP contribution in [0.2, 0.25) is 0 Å². The maximum atomic E-state index is 9.84. The zero-order valence-electron chi connectivity index (χ0n) is 17.6. The predicted octanol–water partition coefficient (Wildman–Crippen LogP) is 3.84. The Morgan fingerprint density at radius 3 is 1.59 bits per heavy atom. The fraction of sp³-hybridized carbons (Fsp3) is 0.250. The molecule has 0 aromatic heterocycles. The number of phenolic OH excluding ortho intramolecular Hbond substituents is 4.